The number of aliphatic hydroxyl groups excluding tert-OH is 1. The summed E-state index contributed by atoms with van der Waals surface area (Å²) < 4.78 is 5.65. The number of hydrogen-bond donors (Lipinski definition) is 2. The number of aliphatic hydroxyl groups is 1. The number of ether oxygens (including phenoxy) is 1. The zero-order chi connectivity index (χ0) is 15.2. The quantitative estimate of drug-likeness (QED) is 0.854. The lowest BCUT2D eigenvalue weighted by Crippen LogP contribution is -2.26. The molecular formula is C18H23NO2. The third kappa shape index (κ3) is 4.23. The van der Waals surface area contributed by atoms with Gasteiger partial charge in [-0.25, -0.2) is 0 Å². The van der Waals surface area contributed by atoms with E-state index < -0.39 is 6.10 Å². The molecule has 3 nitrogen and oxygen atoms in total. The molecular weight excluding hydrogens is 262 g/mol. The molecule has 0 amide bonds. The van der Waals surface area contributed by atoms with Crippen LogP contribution in [0.5, 0.6) is 5.75 Å². The molecule has 0 aliphatic heterocycles. The van der Waals surface area contributed by atoms with Crippen LogP contribution in [-0.4, -0.2) is 24.4 Å². The van der Waals surface area contributed by atoms with Crippen LogP contribution < -0.4 is 10.1 Å². The molecule has 2 aromatic carbocycles. The third-order valence-electron chi connectivity index (χ3n) is 3.66. The predicted octanol–water partition coefficient (Wildman–Crippen LogP) is 3.46. The SMILES string of the molecule is Cc1ccccc1OCC(O)CNc1cccc(C)c1C. The van der Waals surface area contributed by atoms with Crippen molar-refractivity contribution in [1.29, 1.82) is 0 Å². The molecule has 112 valence electrons. The Balaban J connectivity index is 1.84. The first kappa shape index (κ1) is 15.4. The Kier molecular flexibility index (Phi) is 5.23. The second-order valence-electron chi connectivity index (χ2n) is 5.36. The highest BCUT2D eigenvalue weighted by molar-refractivity contribution is 5.53. The summed E-state index contributed by atoms with van der Waals surface area (Å²) in [7, 11) is 0. The van der Waals surface area contributed by atoms with Crippen molar-refractivity contribution in [2.24, 2.45) is 0 Å². The average Bonchev–Trinajstić information content (AvgIpc) is 2.48. The fraction of sp³-hybridized carbons (Fsp3) is 0.333. The molecule has 0 spiro atoms. The maximum Gasteiger partial charge on any atom is 0.122 e. The standard InChI is InChI=1S/C18H23NO2/c1-13-8-6-9-17(15(13)3)19-11-16(20)12-21-18-10-5-4-7-14(18)2/h4-10,16,19-20H,11-12H2,1-3H3. The summed E-state index contributed by atoms with van der Waals surface area (Å²) in [6, 6.07) is 13.9. The van der Waals surface area contributed by atoms with Crippen molar-refractivity contribution >= 4 is 5.69 Å². The fourth-order valence-corrected chi connectivity index (χ4v) is 2.13. The second-order valence-corrected chi connectivity index (χ2v) is 5.36. The maximum absolute atomic E-state index is 10.0. The van der Waals surface area contributed by atoms with Gasteiger partial charge in [0, 0.05) is 12.2 Å². The largest absolute Gasteiger partial charge is 0.491 e. The van der Waals surface area contributed by atoms with Gasteiger partial charge in [0.25, 0.3) is 0 Å². The lowest BCUT2D eigenvalue weighted by atomic mass is 10.1. The van der Waals surface area contributed by atoms with E-state index in [1.807, 2.05) is 43.3 Å². The minimum absolute atomic E-state index is 0.280. The van der Waals surface area contributed by atoms with Gasteiger partial charge in [-0.2, -0.15) is 0 Å². The Morgan fingerprint density at radius 3 is 2.48 bits per heavy atom. The number of nitrogens with one attached hydrogen (secondary N) is 1. The van der Waals surface area contributed by atoms with Crippen molar-refractivity contribution in [2.45, 2.75) is 26.9 Å². The zero-order valence-corrected chi connectivity index (χ0v) is 12.9. The van der Waals surface area contributed by atoms with E-state index in [-0.39, 0.29) is 6.61 Å². The van der Waals surface area contributed by atoms with Crippen LogP contribution in [-0.2, 0) is 0 Å². The van der Waals surface area contributed by atoms with E-state index in [4.69, 9.17) is 4.74 Å². The number of anilines is 1. The van der Waals surface area contributed by atoms with E-state index in [1.54, 1.807) is 0 Å². The van der Waals surface area contributed by atoms with Crippen LogP contribution in [0, 0.1) is 20.8 Å². The normalized spacial score (nSPS) is 12.0. The van der Waals surface area contributed by atoms with Crippen LogP contribution in [0.4, 0.5) is 5.69 Å². The van der Waals surface area contributed by atoms with E-state index in [0.29, 0.717) is 6.54 Å². The van der Waals surface area contributed by atoms with Gasteiger partial charge in [-0.15, -0.1) is 0 Å². The summed E-state index contributed by atoms with van der Waals surface area (Å²) >= 11 is 0. The smallest absolute Gasteiger partial charge is 0.122 e. The molecule has 3 heteroatoms. The molecule has 0 aromatic heterocycles. The molecule has 0 saturated heterocycles. The van der Waals surface area contributed by atoms with Crippen molar-refractivity contribution in [3.8, 4) is 5.75 Å². The molecule has 0 aliphatic carbocycles. The lowest BCUT2D eigenvalue weighted by molar-refractivity contribution is 0.117. The summed E-state index contributed by atoms with van der Waals surface area (Å²) in [6.45, 7) is 6.90. The number of para-hydroxylation sites is 1. The van der Waals surface area contributed by atoms with Gasteiger partial charge in [0.05, 0.1) is 0 Å². The molecule has 2 aromatic rings. The molecule has 1 atom stereocenters. The molecule has 1 unspecified atom stereocenters. The third-order valence-corrected chi connectivity index (χ3v) is 3.66. The Labute approximate surface area is 126 Å². The van der Waals surface area contributed by atoms with E-state index in [0.717, 1.165) is 17.0 Å². The molecule has 0 aliphatic rings. The van der Waals surface area contributed by atoms with Gasteiger partial charge in [-0.1, -0.05) is 30.3 Å². The molecule has 0 radical (unpaired) electrons. The highest BCUT2D eigenvalue weighted by Gasteiger charge is 2.07. The van der Waals surface area contributed by atoms with Gasteiger partial charge >= 0.3 is 0 Å². The molecule has 0 heterocycles. The van der Waals surface area contributed by atoms with E-state index >= 15 is 0 Å². The van der Waals surface area contributed by atoms with Gasteiger partial charge in [0.2, 0.25) is 0 Å². The summed E-state index contributed by atoms with van der Waals surface area (Å²) in [5.41, 5.74) is 4.59. The lowest BCUT2D eigenvalue weighted by Gasteiger charge is -2.16. The molecule has 0 saturated carbocycles. The number of benzene rings is 2. The van der Waals surface area contributed by atoms with Gasteiger partial charge < -0.3 is 15.2 Å². The molecule has 0 fully saturated rings. The monoisotopic (exact) mass is 285 g/mol. The summed E-state index contributed by atoms with van der Waals surface area (Å²) in [4.78, 5) is 0. The Bertz CT molecular complexity index is 596. The Morgan fingerprint density at radius 1 is 1.00 bits per heavy atom. The van der Waals surface area contributed by atoms with Crippen LogP contribution in [0.2, 0.25) is 0 Å². The average molecular weight is 285 g/mol. The highest BCUT2D eigenvalue weighted by Crippen LogP contribution is 2.18. The van der Waals surface area contributed by atoms with Crippen LogP contribution in [0.25, 0.3) is 0 Å². The minimum atomic E-state index is -0.551. The second kappa shape index (κ2) is 7.14. The predicted molar refractivity (Wildman–Crippen MR) is 87.1 cm³/mol. The summed E-state index contributed by atoms with van der Waals surface area (Å²) in [5.74, 6) is 0.822. The fourth-order valence-electron chi connectivity index (χ4n) is 2.13. The van der Waals surface area contributed by atoms with Crippen molar-refractivity contribution in [1.82, 2.24) is 0 Å². The zero-order valence-electron chi connectivity index (χ0n) is 12.9. The first-order valence-electron chi connectivity index (χ1n) is 7.24. The number of rotatable bonds is 6. The summed E-state index contributed by atoms with van der Waals surface area (Å²) in [5, 5.41) is 13.3. The Morgan fingerprint density at radius 2 is 1.71 bits per heavy atom. The number of aryl methyl sites for hydroxylation is 2. The molecule has 21 heavy (non-hydrogen) atoms. The van der Waals surface area contributed by atoms with Crippen LogP contribution >= 0.6 is 0 Å². The maximum atomic E-state index is 10.0. The molecule has 2 rings (SSSR count). The van der Waals surface area contributed by atoms with Gasteiger partial charge in [-0.3, -0.25) is 0 Å². The summed E-state index contributed by atoms with van der Waals surface area (Å²) in [6.07, 6.45) is -0.551. The van der Waals surface area contributed by atoms with E-state index in [2.05, 4.69) is 25.2 Å². The van der Waals surface area contributed by atoms with Crippen molar-refractivity contribution < 1.29 is 9.84 Å². The van der Waals surface area contributed by atoms with Gasteiger partial charge in [-0.05, 0) is 49.6 Å². The topological polar surface area (TPSA) is 41.5 Å². The van der Waals surface area contributed by atoms with Crippen LogP contribution in [0.15, 0.2) is 42.5 Å². The van der Waals surface area contributed by atoms with Gasteiger partial charge in [0.15, 0.2) is 0 Å². The minimum Gasteiger partial charge on any atom is -0.491 e. The van der Waals surface area contributed by atoms with E-state index in [9.17, 15) is 5.11 Å². The van der Waals surface area contributed by atoms with Crippen molar-refractivity contribution in [2.75, 3.05) is 18.5 Å². The highest BCUT2D eigenvalue weighted by atomic mass is 16.5. The van der Waals surface area contributed by atoms with Gasteiger partial charge in [0.1, 0.15) is 18.5 Å². The van der Waals surface area contributed by atoms with Crippen molar-refractivity contribution in [3.63, 3.8) is 0 Å². The molecule has 0 bridgehead atoms. The van der Waals surface area contributed by atoms with Crippen LogP contribution in [0.3, 0.4) is 0 Å². The molecule has 2 N–H and O–H groups in total. The first-order valence-corrected chi connectivity index (χ1v) is 7.24. The van der Waals surface area contributed by atoms with Crippen molar-refractivity contribution in [3.05, 3.63) is 59.2 Å². The van der Waals surface area contributed by atoms with Crippen LogP contribution in [0.1, 0.15) is 16.7 Å². The Hall–Kier alpha value is -2.00. The van der Waals surface area contributed by atoms with E-state index in [1.165, 1.54) is 11.1 Å². The number of hydrogen-bond acceptors (Lipinski definition) is 3. The first-order chi connectivity index (χ1) is 10.1.